The van der Waals surface area contributed by atoms with Crippen LogP contribution in [0.25, 0.3) is 0 Å². The first-order chi connectivity index (χ1) is 15.8. The molecule has 33 heavy (non-hydrogen) atoms. The maximum atomic E-state index is 13.7. The van der Waals surface area contributed by atoms with Crippen LogP contribution in [0.4, 0.5) is 24.5 Å². The van der Waals surface area contributed by atoms with Gasteiger partial charge in [0.05, 0.1) is 5.56 Å². The van der Waals surface area contributed by atoms with E-state index in [0.29, 0.717) is 17.7 Å². The van der Waals surface area contributed by atoms with Crippen LogP contribution in [0, 0.1) is 5.92 Å². The van der Waals surface area contributed by atoms with Crippen molar-refractivity contribution in [1.29, 1.82) is 0 Å². The smallest absolute Gasteiger partial charge is 0.372 e. The van der Waals surface area contributed by atoms with E-state index in [9.17, 15) is 18.0 Å². The topological polar surface area (TPSA) is 58.4 Å². The van der Waals surface area contributed by atoms with Gasteiger partial charge in [-0.05, 0) is 67.5 Å². The molecule has 1 amide bonds. The van der Waals surface area contributed by atoms with Crippen LogP contribution >= 0.6 is 11.8 Å². The van der Waals surface area contributed by atoms with E-state index in [1.807, 2.05) is 0 Å². The minimum absolute atomic E-state index is 0.0304. The van der Waals surface area contributed by atoms with Crippen molar-refractivity contribution in [2.24, 2.45) is 11.7 Å². The number of carbonyl (C=O) groups excluding carboxylic acids is 1. The van der Waals surface area contributed by atoms with Crippen LogP contribution in [-0.4, -0.2) is 25.0 Å². The summed E-state index contributed by atoms with van der Waals surface area (Å²) in [4.78, 5) is 16.8. The largest absolute Gasteiger partial charge is 0.416 e. The number of nitrogens with zero attached hydrogens (tertiary/aromatic N) is 1. The Hall–Kier alpha value is -2.19. The zero-order valence-corrected chi connectivity index (χ0v) is 19.2. The van der Waals surface area contributed by atoms with Crippen LogP contribution < -0.4 is 16.0 Å². The van der Waals surface area contributed by atoms with Gasteiger partial charge in [-0.1, -0.05) is 24.2 Å². The Morgan fingerprint density at radius 1 is 1.06 bits per heavy atom. The molecule has 4 nitrogen and oxygen atoms in total. The van der Waals surface area contributed by atoms with Gasteiger partial charge in [0.15, 0.2) is 0 Å². The van der Waals surface area contributed by atoms with Crippen molar-refractivity contribution in [3.05, 3.63) is 47.0 Å². The molecule has 0 aromatic heterocycles. The second kappa shape index (κ2) is 8.87. The average Bonchev–Trinajstić information content (AvgIpc) is 3.32. The minimum atomic E-state index is -4.49. The fourth-order valence-corrected chi connectivity index (χ4v) is 6.34. The van der Waals surface area contributed by atoms with Gasteiger partial charge < -0.3 is 16.0 Å². The second-order valence-corrected chi connectivity index (χ2v) is 10.5. The number of nitrogens with two attached hydrogens (primary N) is 1. The van der Waals surface area contributed by atoms with Gasteiger partial charge in [0.2, 0.25) is 5.91 Å². The summed E-state index contributed by atoms with van der Waals surface area (Å²) in [6, 6.07) is 8.54. The summed E-state index contributed by atoms with van der Waals surface area (Å²) in [5, 5.41) is 2.84. The number of hydrogen-bond acceptors (Lipinski definition) is 4. The molecule has 1 aliphatic carbocycles. The molecule has 0 spiro atoms. The van der Waals surface area contributed by atoms with Crippen molar-refractivity contribution < 1.29 is 18.0 Å². The third-order valence-electron chi connectivity index (χ3n) is 6.99. The molecule has 176 valence electrons. The highest BCUT2D eigenvalue weighted by atomic mass is 32.2. The van der Waals surface area contributed by atoms with Crippen molar-refractivity contribution >= 4 is 29.0 Å². The molecule has 1 saturated heterocycles. The lowest BCUT2D eigenvalue weighted by molar-refractivity contribution is -0.137. The maximum absolute atomic E-state index is 13.7. The Morgan fingerprint density at radius 3 is 2.58 bits per heavy atom. The Labute approximate surface area is 196 Å². The first-order valence-electron chi connectivity index (χ1n) is 11.6. The second-order valence-electron chi connectivity index (χ2n) is 9.38. The van der Waals surface area contributed by atoms with Crippen molar-refractivity contribution in [1.82, 2.24) is 0 Å². The first kappa shape index (κ1) is 22.6. The molecular formula is C25H28F3N3OS. The number of benzene rings is 2. The van der Waals surface area contributed by atoms with E-state index in [4.69, 9.17) is 5.73 Å². The lowest BCUT2D eigenvalue weighted by atomic mass is 9.85. The van der Waals surface area contributed by atoms with Crippen LogP contribution in [0.3, 0.4) is 0 Å². The van der Waals surface area contributed by atoms with E-state index >= 15 is 0 Å². The Balaban J connectivity index is 1.46. The fourth-order valence-electron chi connectivity index (χ4n) is 5.16. The zero-order chi connectivity index (χ0) is 23.2. The van der Waals surface area contributed by atoms with Gasteiger partial charge in [0, 0.05) is 52.6 Å². The van der Waals surface area contributed by atoms with Crippen LogP contribution in [0.5, 0.6) is 0 Å². The van der Waals surface area contributed by atoms with E-state index in [1.165, 1.54) is 17.8 Å². The highest BCUT2D eigenvalue weighted by molar-refractivity contribution is 7.99. The number of amides is 1. The zero-order valence-electron chi connectivity index (χ0n) is 18.4. The van der Waals surface area contributed by atoms with Crippen LogP contribution in [0.15, 0.2) is 40.1 Å². The minimum Gasteiger partial charge on any atom is -0.372 e. The van der Waals surface area contributed by atoms with Gasteiger partial charge in [-0.3, -0.25) is 4.79 Å². The predicted octanol–water partition coefficient (Wildman–Crippen LogP) is 5.82. The van der Waals surface area contributed by atoms with E-state index in [-0.39, 0.29) is 23.6 Å². The van der Waals surface area contributed by atoms with Gasteiger partial charge in [-0.2, -0.15) is 13.2 Å². The SMILES string of the molecule is NC1CCCC(C(=O)Nc2cc(C(F)(F)F)cc3c2Cc2ccc(N4CCCC4)cc2S3)C1. The van der Waals surface area contributed by atoms with Gasteiger partial charge in [-0.15, -0.1) is 0 Å². The number of halogens is 3. The van der Waals surface area contributed by atoms with Crippen LogP contribution in [0.2, 0.25) is 0 Å². The third kappa shape index (κ3) is 4.73. The van der Waals surface area contributed by atoms with Gasteiger partial charge in [0.1, 0.15) is 0 Å². The first-order valence-corrected chi connectivity index (χ1v) is 12.5. The number of anilines is 2. The van der Waals surface area contributed by atoms with E-state index in [0.717, 1.165) is 73.0 Å². The molecule has 2 fully saturated rings. The summed E-state index contributed by atoms with van der Waals surface area (Å²) in [6.45, 7) is 2.03. The summed E-state index contributed by atoms with van der Waals surface area (Å²) in [6.07, 6.45) is 1.38. The molecule has 2 atom stereocenters. The van der Waals surface area contributed by atoms with Crippen molar-refractivity contribution in [2.45, 2.75) is 67.0 Å². The molecular weight excluding hydrogens is 447 g/mol. The summed E-state index contributed by atoms with van der Waals surface area (Å²) in [5.41, 5.74) is 8.51. The normalized spacial score (nSPS) is 22.6. The van der Waals surface area contributed by atoms with E-state index in [2.05, 4.69) is 28.4 Å². The van der Waals surface area contributed by atoms with Crippen molar-refractivity contribution in [2.75, 3.05) is 23.3 Å². The Bertz CT molecular complexity index is 1070. The standard InChI is InChI=1S/C25H28F3N3OS/c26-25(27,28)17-12-21(30-24(32)16-4-3-5-18(29)10-16)20-11-15-6-7-19(31-8-1-2-9-31)14-22(15)33-23(20)13-17/h6-7,12-14,16,18H,1-5,8-11,29H2,(H,30,32). The van der Waals surface area contributed by atoms with Crippen LogP contribution in [0.1, 0.15) is 55.2 Å². The predicted molar refractivity (Wildman–Crippen MR) is 125 cm³/mol. The Kier molecular flexibility index (Phi) is 6.07. The molecule has 2 heterocycles. The molecule has 3 aliphatic rings. The average molecular weight is 476 g/mol. The number of alkyl halides is 3. The fraction of sp³-hybridized carbons (Fsp3) is 0.480. The molecule has 3 N–H and O–H groups in total. The van der Waals surface area contributed by atoms with Crippen molar-refractivity contribution in [3.63, 3.8) is 0 Å². The van der Waals surface area contributed by atoms with E-state index in [1.54, 1.807) is 0 Å². The highest BCUT2D eigenvalue weighted by Gasteiger charge is 2.34. The molecule has 2 aromatic carbocycles. The number of hydrogen-bond donors (Lipinski definition) is 2. The summed E-state index contributed by atoms with van der Waals surface area (Å²) in [7, 11) is 0. The monoisotopic (exact) mass is 475 g/mol. The lowest BCUT2D eigenvalue weighted by Crippen LogP contribution is -2.34. The molecule has 0 bridgehead atoms. The van der Waals surface area contributed by atoms with Crippen molar-refractivity contribution in [3.8, 4) is 0 Å². The van der Waals surface area contributed by atoms with Crippen LogP contribution in [-0.2, 0) is 17.4 Å². The number of carbonyl (C=O) groups is 1. The van der Waals surface area contributed by atoms with E-state index < -0.39 is 11.7 Å². The summed E-state index contributed by atoms with van der Waals surface area (Å²) < 4.78 is 41.1. The van der Waals surface area contributed by atoms with Gasteiger partial charge in [0.25, 0.3) is 0 Å². The number of rotatable bonds is 3. The molecule has 2 aliphatic heterocycles. The molecule has 5 rings (SSSR count). The number of fused-ring (bicyclic) bond motifs is 2. The quantitative estimate of drug-likeness (QED) is 0.501. The highest BCUT2D eigenvalue weighted by Crippen LogP contribution is 2.46. The summed E-state index contributed by atoms with van der Waals surface area (Å²) >= 11 is 1.36. The third-order valence-corrected chi connectivity index (χ3v) is 8.17. The molecule has 8 heteroatoms. The maximum Gasteiger partial charge on any atom is 0.416 e. The molecule has 0 radical (unpaired) electrons. The summed E-state index contributed by atoms with van der Waals surface area (Å²) in [5.74, 6) is -0.489. The molecule has 1 saturated carbocycles. The number of nitrogens with one attached hydrogen (secondary N) is 1. The lowest BCUT2D eigenvalue weighted by Gasteiger charge is -2.28. The Morgan fingerprint density at radius 2 is 1.85 bits per heavy atom. The molecule has 2 unspecified atom stereocenters. The van der Waals surface area contributed by atoms with Gasteiger partial charge in [-0.25, -0.2) is 0 Å². The molecule has 2 aromatic rings. The van der Waals surface area contributed by atoms with Gasteiger partial charge >= 0.3 is 6.18 Å².